The van der Waals surface area contributed by atoms with Gasteiger partial charge in [-0.3, -0.25) is 4.79 Å². The van der Waals surface area contributed by atoms with Gasteiger partial charge >= 0.3 is 0 Å². The molecule has 1 amide bonds. The zero-order valence-electron chi connectivity index (χ0n) is 16.0. The Labute approximate surface area is 175 Å². The zero-order valence-corrected chi connectivity index (χ0v) is 16.8. The summed E-state index contributed by atoms with van der Waals surface area (Å²) in [5, 5.41) is 0.655. The lowest BCUT2D eigenvalue weighted by Gasteiger charge is -2.35. The highest BCUT2D eigenvalue weighted by Crippen LogP contribution is 2.24. The average molecular weight is 408 g/mol. The summed E-state index contributed by atoms with van der Waals surface area (Å²) in [5.41, 5.74) is 1.46. The lowest BCUT2D eigenvalue weighted by Crippen LogP contribution is -2.49. The maximum absolute atomic E-state index is 13.1. The molecule has 3 aromatic rings. The number of hydrogen-bond acceptors (Lipinski definition) is 4. The number of rotatable bonds is 5. The molecular weight excluding hydrogens is 386 g/mol. The van der Waals surface area contributed by atoms with Gasteiger partial charge in [0.15, 0.2) is 0 Å². The standard InChI is InChI=1S/C23H22ClN3O2/c24-20-9-3-1-7-18(20)17-29-21-10-4-2-8-19(21)23(28)27-15-13-26(14-16-27)22-11-5-6-12-25-22/h1-12H,13-17H2. The number of aromatic nitrogens is 1. The molecule has 0 spiro atoms. The molecule has 0 atom stereocenters. The zero-order chi connectivity index (χ0) is 20.1. The maximum Gasteiger partial charge on any atom is 0.257 e. The van der Waals surface area contributed by atoms with Crippen LogP contribution in [0.1, 0.15) is 15.9 Å². The fourth-order valence-corrected chi connectivity index (χ4v) is 3.58. The van der Waals surface area contributed by atoms with Crippen LogP contribution in [0.3, 0.4) is 0 Å². The molecule has 1 saturated heterocycles. The highest BCUT2D eigenvalue weighted by atomic mass is 35.5. The Hall–Kier alpha value is -3.05. The van der Waals surface area contributed by atoms with E-state index in [2.05, 4.69) is 9.88 Å². The number of carbonyl (C=O) groups is 1. The van der Waals surface area contributed by atoms with E-state index in [1.54, 1.807) is 6.20 Å². The summed E-state index contributed by atoms with van der Waals surface area (Å²) in [6, 6.07) is 20.8. The molecule has 1 fully saturated rings. The van der Waals surface area contributed by atoms with Gasteiger partial charge in [-0.2, -0.15) is 0 Å². The first-order valence-corrected chi connectivity index (χ1v) is 10.0. The Morgan fingerprint density at radius 2 is 1.66 bits per heavy atom. The number of benzene rings is 2. The topological polar surface area (TPSA) is 45.7 Å². The van der Waals surface area contributed by atoms with Crippen molar-refractivity contribution >= 4 is 23.3 Å². The number of anilines is 1. The lowest BCUT2D eigenvalue weighted by atomic mass is 10.1. The molecule has 2 heterocycles. The molecule has 5 nitrogen and oxygen atoms in total. The first kappa shape index (κ1) is 19.3. The molecule has 2 aromatic carbocycles. The van der Waals surface area contributed by atoms with E-state index in [-0.39, 0.29) is 5.91 Å². The first-order chi connectivity index (χ1) is 14.2. The van der Waals surface area contributed by atoms with Gasteiger partial charge in [0.2, 0.25) is 0 Å². The third-order valence-corrected chi connectivity index (χ3v) is 5.37. The number of halogens is 1. The van der Waals surface area contributed by atoms with Crippen LogP contribution in [0.5, 0.6) is 5.75 Å². The third-order valence-electron chi connectivity index (χ3n) is 5.00. The minimum atomic E-state index is -0.0135. The van der Waals surface area contributed by atoms with E-state index >= 15 is 0 Å². The predicted octanol–water partition coefficient (Wildman–Crippen LogP) is 4.28. The van der Waals surface area contributed by atoms with Crippen LogP contribution in [0.25, 0.3) is 0 Å². The molecular formula is C23H22ClN3O2. The van der Waals surface area contributed by atoms with Crippen LogP contribution in [0.15, 0.2) is 72.9 Å². The number of amides is 1. The van der Waals surface area contributed by atoms with Gasteiger partial charge in [-0.1, -0.05) is 48.0 Å². The van der Waals surface area contributed by atoms with Crippen molar-refractivity contribution in [2.24, 2.45) is 0 Å². The molecule has 0 radical (unpaired) electrons. The van der Waals surface area contributed by atoms with E-state index in [0.29, 0.717) is 36.0 Å². The molecule has 4 rings (SSSR count). The molecule has 0 N–H and O–H groups in total. The largest absolute Gasteiger partial charge is 0.488 e. The van der Waals surface area contributed by atoms with Crippen molar-refractivity contribution in [3.05, 3.63) is 89.1 Å². The van der Waals surface area contributed by atoms with Crippen molar-refractivity contribution in [2.75, 3.05) is 31.1 Å². The van der Waals surface area contributed by atoms with Crippen LogP contribution in [0, 0.1) is 0 Å². The number of hydrogen-bond donors (Lipinski definition) is 0. The Balaban J connectivity index is 1.42. The lowest BCUT2D eigenvalue weighted by molar-refractivity contribution is 0.0741. The van der Waals surface area contributed by atoms with Crippen molar-refractivity contribution < 1.29 is 9.53 Å². The van der Waals surface area contributed by atoms with Crippen LogP contribution in [0.2, 0.25) is 5.02 Å². The number of nitrogens with zero attached hydrogens (tertiary/aromatic N) is 3. The number of pyridine rings is 1. The quantitative estimate of drug-likeness (QED) is 0.633. The predicted molar refractivity (Wildman–Crippen MR) is 115 cm³/mol. The van der Waals surface area contributed by atoms with E-state index in [1.807, 2.05) is 71.6 Å². The molecule has 0 unspecified atom stereocenters. The van der Waals surface area contributed by atoms with Crippen LogP contribution >= 0.6 is 11.6 Å². The molecule has 1 aromatic heterocycles. The van der Waals surface area contributed by atoms with E-state index < -0.39 is 0 Å². The van der Waals surface area contributed by atoms with Gasteiger partial charge < -0.3 is 14.5 Å². The summed E-state index contributed by atoms with van der Waals surface area (Å²) >= 11 is 6.21. The van der Waals surface area contributed by atoms with Gasteiger partial charge in [0.1, 0.15) is 18.2 Å². The summed E-state index contributed by atoms with van der Waals surface area (Å²) in [6.07, 6.45) is 1.79. The maximum atomic E-state index is 13.1. The molecule has 0 saturated carbocycles. The smallest absolute Gasteiger partial charge is 0.257 e. The molecule has 0 aliphatic carbocycles. The minimum absolute atomic E-state index is 0.0135. The van der Waals surface area contributed by atoms with Crippen molar-refractivity contribution in [3.8, 4) is 5.75 Å². The SMILES string of the molecule is O=C(c1ccccc1OCc1ccccc1Cl)N1CCN(c2ccccn2)CC1. The summed E-state index contributed by atoms with van der Waals surface area (Å²) in [4.78, 5) is 21.6. The van der Waals surface area contributed by atoms with E-state index in [0.717, 1.165) is 24.5 Å². The highest BCUT2D eigenvalue weighted by molar-refractivity contribution is 6.31. The third kappa shape index (κ3) is 4.51. The number of carbonyl (C=O) groups excluding carboxylic acids is 1. The van der Waals surface area contributed by atoms with Crippen molar-refractivity contribution in [2.45, 2.75) is 6.61 Å². The fraction of sp³-hybridized carbons (Fsp3) is 0.217. The van der Waals surface area contributed by atoms with Gasteiger partial charge in [-0.25, -0.2) is 4.98 Å². The first-order valence-electron chi connectivity index (χ1n) is 9.63. The summed E-state index contributed by atoms with van der Waals surface area (Å²) < 4.78 is 5.95. The molecule has 29 heavy (non-hydrogen) atoms. The van der Waals surface area contributed by atoms with Gasteiger partial charge in [0.05, 0.1) is 5.56 Å². The Morgan fingerprint density at radius 1 is 0.931 bits per heavy atom. The van der Waals surface area contributed by atoms with Crippen LogP contribution in [0.4, 0.5) is 5.82 Å². The second-order valence-electron chi connectivity index (χ2n) is 6.84. The van der Waals surface area contributed by atoms with Gasteiger partial charge in [-0.05, 0) is 30.3 Å². The van der Waals surface area contributed by atoms with E-state index in [4.69, 9.17) is 16.3 Å². The van der Waals surface area contributed by atoms with Crippen LogP contribution < -0.4 is 9.64 Å². The monoisotopic (exact) mass is 407 g/mol. The number of para-hydroxylation sites is 1. The molecule has 1 aliphatic rings. The van der Waals surface area contributed by atoms with Crippen molar-refractivity contribution in [1.29, 1.82) is 0 Å². The molecule has 148 valence electrons. The highest BCUT2D eigenvalue weighted by Gasteiger charge is 2.24. The van der Waals surface area contributed by atoms with Gasteiger partial charge in [0, 0.05) is 43.0 Å². The molecule has 0 bridgehead atoms. The van der Waals surface area contributed by atoms with Crippen LogP contribution in [-0.4, -0.2) is 42.0 Å². The summed E-state index contributed by atoms with van der Waals surface area (Å²) in [5.74, 6) is 1.51. The number of piperazine rings is 1. The van der Waals surface area contributed by atoms with E-state index in [9.17, 15) is 4.79 Å². The van der Waals surface area contributed by atoms with Gasteiger partial charge in [0.25, 0.3) is 5.91 Å². The number of ether oxygens (including phenoxy) is 1. The van der Waals surface area contributed by atoms with Crippen molar-refractivity contribution in [1.82, 2.24) is 9.88 Å². The van der Waals surface area contributed by atoms with Gasteiger partial charge in [-0.15, -0.1) is 0 Å². The van der Waals surface area contributed by atoms with E-state index in [1.165, 1.54) is 0 Å². The Bertz CT molecular complexity index is 973. The van der Waals surface area contributed by atoms with Crippen molar-refractivity contribution in [3.63, 3.8) is 0 Å². The second-order valence-corrected chi connectivity index (χ2v) is 7.25. The summed E-state index contributed by atoms with van der Waals surface area (Å²) in [6.45, 7) is 3.12. The Morgan fingerprint density at radius 3 is 2.41 bits per heavy atom. The van der Waals surface area contributed by atoms with Crippen LogP contribution in [-0.2, 0) is 6.61 Å². The normalized spacial score (nSPS) is 14.0. The summed E-state index contributed by atoms with van der Waals surface area (Å²) in [7, 11) is 0. The fourth-order valence-electron chi connectivity index (χ4n) is 3.39. The molecule has 1 aliphatic heterocycles. The molecule has 6 heteroatoms. The second kappa shape index (κ2) is 8.97. The average Bonchev–Trinajstić information content (AvgIpc) is 2.79. The minimum Gasteiger partial charge on any atom is -0.488 e. The Kier molecular flexibility index (Phi) is 5.96.